The summed E-state index contributed by atoms with van der Waals surface area (Å²) in [6.45, 7) is 0. The van der Waals surface area contributed by atoms with Gasteiger partial charge in [-0.2, -0.15) is 13.2 Å². The molecule has 1 N–H and O–H groups in total. The second-order valence-corrected chi connectivity index (χ2v) is 4.32. The minimum Gasteiger partial charge on any atom is -0.357 e. The highest BCUT2D eigenvalue weighted by atomic mass is 19.4. The lowest BCUT2D eigenvalue weighted by molar-refractivity contribution is -0.141. The Labute approximate surface area is 119 Å². The summed E-state index contributed by atoms with van der Waals surface area (Å²) < 4.78 is 39.1. The number of ketones is 1. The first-order valence-corrected chi connectivity index (χ1v) is 6.14. The van der Waals surface area contributed by atoms with Crippen molar-refractivity contribution in [2.45, 2.75) is 18.6 Å². The van der Waals surface area contributed by atoms with E-state index in [1.165, 1.54) is 30.7 Å². The van der Waals surface area contributed by atoms with E-state index in [1.807, 2.05) is 0 Å². The highest BCUT2D eigenvalue weighted by molar-refractivity contribution is 5.96. The summed E-state index contributed by atoms with van der Waals surface area (Å²) in [5.74, 6) is -0.616. The van der Waals surface area contributed by atoms with E-state index in [4.69, 9.17) is 0 Å². The molecule has 0 saturated heterocycles. The first-order chi connectivity index (χ1) is 9.97. The van der Waals surface area contributed by atoms with Crippen LogP contribution in [0.5, 0.6) is 0 Å². The number of nitrogens with one attached hydrogen (secondary N) is 1. The SMILES string of the molecule is O=C(CC(Nc1cnccn1)C(F)(F)F)c1ccccc1. The molecule has 0 aliphatic carbocycles. The van der Waals surface area contributed by atoms with Gasteiger partial charge in [0.25, 0.3) is 0 Å². The molecular formula is C14H12F3N3O. The normalized spacial score (nSPS) is 12.7. The summed E-state index contributed by atoms with van der Waals surface area (Å²) in [5, 5.41) is 2.20. The third-order valence-corrected chi connectivity index (χ3v) is 2.77. The molecule has 0 aliphatic rings. The number of nitrogens with zero attached hydrogens (tertiary/aromatic N) is 2. The molecule has 0 amide bonds. The fourth-order valence-corrected chi connectivity index (χ4v) is 1.73. The Balaban J connectivity index is 2.12. The number of carbonyl (C=O) groups excluding carboxylic acids is 1. The van der Waals surface area contributed by atoms with Gasteiger partial charge in [0.1, 0.15) is 11.9 Å². The van der Waals surface area contributed by atoms with Crippen LogP contribution in [-0.4, -0.2) is 28.0 Å². The van der Waals surface area contributed by atoms with Crippen LogP contribution >= 0.6 is 0 Å². The summed E-state index contributed by atoms with van der Waals surface area (Å²) in [5.41, 5.74) is 0.243. The Morgan fingerprint density at radius 1 is 1.19 bits per heavy atom. The van der Waals surface area contributed by atoms with Gasteiger partial charge in [0.15, 0.2) is 5.78 Å². The zero-order chi connectivity index (χ0) is 15.3. The van der Waals surface area contributed by atoms with Gasteiger partial charge in [-0.25, -0.2) is 4.98 Å². The molecule has 0 aliphatic heterocycles. The van der Waals surface area contributed by atoms with E-state index in [2.05, 4.69) is 15.3 Å². The lowest BCUT2D eigenvalue weighted by atomic mass is 10.0. The molecule has 1 aromatic heterocycles. The van der Waals surface area contributed by atoms with E-state index in [-0.39, 0.29) is 11.4 Å². The number of benzene rings is 1. The molecule has 0 saturated carbocycles. The summed E-state index contributed by atoms with van der Waals surface area (Å²) in [7, 11) is 0. The zero-order valence-electron chi connectivity index (χ0n) is 10.8. The third kappa shape index (κ3) is 4.27. The van der Waals surface area contributed by atoms with Gasteiger partial charge in [-0.1, -0.05) is 30.3 Å². The fourth-order valence-electron chi connectivity index (χ4n) is 1.73. The van der Waals surface area contributed by atoms with E-state index in [9.17, 15) is 18.0 Å². The van der Waals surface area contributed by atoms with Gasteiger partial charge in [-0.15, -0.1) is 0 Å². The number of anilines is 1. The van der Waals surface area contributed by atoms with Gasteiger partial charge < -0.3 is 5.32 Å². The van der Waals surface area contributed by atoms with Gasteiger partial charge in [0.2, 0.25) is 0 Å². The topological polar surface area (TPSA) is 54.9 Å². The van der Waals surface area contributed by atoms with E-state index >= 15 is 0 Å². The number of carbonyl (C=O) groups is 1. The van der Waals surface area contributed by atoms with Crippen molar-refractivity contribution in [3.05, 3.63) is 54.5 Å². The first-order valence-electron chi connectivity index (χ1n) is 6.14. The van der Waals surface area contributed by atoms with Crippen molar-refractivity contribution in [1.29, 1.82) is 0 Å². The van der Waals surface area contributed by atoms with Crippen molar-refractivity contribution in [3.8, 4) is 0 Å². The Hall–Kier alpha value is -2.44. The van der Waals surface area contributed by atoms with Gasteiger partial charge in [-0.05, 0) is 0 Å². The van der Waals surface area contributed by atoms with Crippen LogP contribution in [0.2, 0.25) is 0 Å². The highest BCUT2D eigenvalue weighted by Gasteiger charge is 2.41. The van der Waals surface area contributed by atoms with E-state index in [0.29, 0.717) is 0 Å². The largest absolute Gasteiger partial charge is 0.409 e. The predicted octanol–water partition coefficient (Wildman–Crippen LogP) is 3.09. The maximum absolute atomic E-state index is 13.0. The molecule has 21 heavy (non-hydrogen) atoms. The van der Waals surface area contributed by atoms with Crippen LogP contribution in [-0.2, 0) is 0 Å². The third-order valence-electron chi connectivity index (χ3n) is 2.77. The minimum absolute atomic E-state index is 0.0271. The smallest absolute Gasteiger partial charge is 0.357 e. The van der Waals surface area contributed by atoms with Crippen molar-refractivity contribution in [2.24, 2.45) is 0 Å². The highest BCUT2D eigenvalue weighted by Crippen LogP contribution is 2.26. The fraction of sp³-hybridized carbons (Fsp3) is 0.214. The molecule has 0 spiro atoms. The zero-order valence-corrected chi connectivity index (χ0v) is 10.8. The molecular weight excluding hydrogens is 283 g/mol. The average Bonchev–Trinajstić information content (AvgIpc) is 2.47. The van der Waals surface area contributed by atoms with E-state index in [0.717, 1.165) is 0 Å². The summed E-state index contributed by atoms with van der Waals surface area (Å²) in [6.07, 6.45) is -1.48. The second kappa shape index (κ2) is 6.34. The van der Waals surface area contributed by atoms with Crippen molar-refractivity contribution < 1.29 is 18.0 Å². The first kappa shape index (κ1) is 15.0. The van der Waals surface area contributed by atoms with Gasteiger partial charge >= 0.3 is 6.18 Å². The molecule has 0 bridgehead atoms. The molecule has 1 unspecified atom stereocenters. The molecule has 2 aromatic rings. The number of aromatic nitrogens is 2. The Morgan fingerprint density at radius 2 is 1.90 bits per heavy atom. The molecule has 4 nitrogen and oxygen atoms in total. The maximum Gasteiger partial charge on any atom is 0.409 e. The number of halogens is 3. The van der Waals surface area contributed by atoms with Crippen LogP contribution in [0.25, 0.3) is 0 Å². The minimum atomic E-state index is -4.57. The summed E-state index contributed by atoms with van der Waals surface area (Å²) in [4.78, 5) is 19.3. The van der Waals surface area contributed by atoms with Gasteiger partial charge in [0.05, 0.1) is 6.20 Å². The lowest BCUT2D eigenvalue weighted by Gasteiger charge is -2.21. The van der Waals surface area contributed by atoms with Crippen LogP contribution in [0.1, 0.15) is 16.8 Å². The van der Waals surface area contributed by atoms with Crippen molar-refractivity contribution in [1.82, 2.24) is 9.97 Å². The molecule has 0 radical (unpaired) electrons. The molecule has 0 fully saturated rings. The summed E-state index contributed by atoms with van der Waals surface area (Å²) >= 11 is 0. The van der Waals surface area contributed by atoms with Gasteiger partial charge in [0, 0.05) is 24.4 Å². The van der Waals surface area contributed by atoms with Crippen LogP contribution in [0, 0.1) is 0 Å². The molecule has 7 heteroatoms. The van der Waals surface area contributed by atoms with Crippen molar-refractivity contribution >= 4 is 11.6 Å². The lowest BCUT2D eigenvalue weighted by Crippen LogP contribution is -2.38. The van der Waals surface area contributed by atoms with Crippen LogP contribution in [0.4, 0.5) is 19.0 Å². The quantitative estimate of drug-likeness (QED) is 0.861. The number of alkyl halides is 3. The van der Waals surface area contributed by atoms with Crippen LogP contribution in [0.3, 0.4) is 0 Å². The molecule has 110 valence electrons. The van der Waals surface area contributed by atoms with E-state index < -0.39 is 24.4 Å². The number of hydrogen-bond donors (Lipinski definition) is 1. The Morgan fingerprint density at radius 3 is 2.48 bits per heavy atom. The Bertz CT molecular complexity index is 587. The molecule has 1 atom stereocenters. The number of rotatable bonds is 5. The van der Waals surface area contributed by atoms with Crippen molar-refractivity contribution in [3.63, 3.8) is 0 Å². The maximum atomic E-state index is 13.0. The van der Waals surface area contributed by atoms with Crippen LogP contribution in [0.15, 0.2) is 48.9 Å². The molecule has 2 rings (SSSR count). The standard InChI is InChI=1S/C14H12F3N3O/c15-14(16,17)12(20-13-9-18-6-7-19-13)8-11(21)10-4-2-1-3-5-10/h1-7,9,12H,8H2,(H,19,20). The average molecular weight is 295 g/mol. The van der Waals surface area contributed by atoms with Crippen LogP contribution < -0.4 is 5.32 Å². The molecule has 1 aromatic carbocycles. The Kier molecular flexibility index (Phi) is 4.52. The van der Waals surface area contributed by atoms with E-state index in [1.54, 1.807) is 18.2 Å². The van der Waals surface area contributed by atoms with Gasteiger partial charge in [-0.3, -0.25) is 9.78 Å². The number of hydrogen-bond acceptors (Lipinski definition) is 4. The monoisotopic (exact) mass is 295 g/mol. The second-order valence-electron chi connectivity index (χ2n) is 4.32. The number of Topliss-reactive ketones (excluding diaryl/α,β-unsaturated/α-hetero) is 1. The predicted molar refractivity (Wildman–Crippen MR) is 70.9 cm³/mol. The summed E-state index contributed by atoms with van der Waals surface area (Å²) in [6, 6.07) is 5.85. The molecule has 1 heterocycles. The van der Waals surface area contributed by atoms with Crippen molar-refractivity contribution in [2.75, 3.05) is 5.32 Å².